The molecule has 0 aliphatic rings. The molecule has 0 aliphatic carbocycles. The molecule has 1 aromatic carbocycles. The fourth-order valence-electron chi connectivity index (χ4n) is 1.41. The van der Waals surface area contributed by atoms with Crippen molar-refractivity contribution in [1.82, 2.24) is 4.98 Å². The van der Waals surface area contributed by atoms with E-state index in [1.807, 2.05) is 5.51 Å². The van der Waals surface area contributed by atoms with Gasteiger partial charge in [0.05, 0.1) is 17.2 Å². The van der Waals surface area contributed by atoms with Gasteiger partial charge in [0.1, 0.15) is 0 Å². The monoisotopic (exact) mass is 218 g/mol. The molecule has 1 N–H and O–H groups in total. The Bertz CT molecular complexity index is 406. The summed E-state index contributed by atoms with van der Waals surface area (Å²) >= 11 is 1.63. The maximum atomic E-state index is 4.29. The Morgan fingerprint density at radius 1 is 1.27 bits per heavy atom. The standard InChI is InChI=1S/C12H14N2S/c1-9-3-5-11(6-4-9)14-10(2)12-7-15-8-13-12/h3-8,10,14H,1-2H3. The Hall–Kier alpha value is -1.35. The average molecular weight is 218 g/mol. The molecule has 15 heavy (non-hydrogen) atoms. The molecular formula is C12H14N2S. The van der Waals surface area contributed by atoms with Gasteiger partial charge in [-0.25, -0.2) is 4.98 Å². The summed E-state index contributed by atoms with van der Waals surface area (Å²) in [6, 6.07) is 8.67. The van der Waals surface area contributed by atoms with Crippen LogP contribution in [0, 0.1) is 6.92 Å². The third-order valence-electron chi connectivity index (χ3n) is 2.33. The highest BCUT2D eigenvalue weighted by Crippen LogP contribution is 2.19. The summed E-state index contributed by atoms with van der Waals surface area (Å²) in [5, 5.41) is 5.49. The van der Waals surface area contributed by atoms with Crippen molar-refractivity contribution < 1.29 is 0 Å². The third-order valence-corrected chi connectivity index (χ3v) is 2.93. The van der Waals surface area contributed by atoms with Gasteiger partial charge in [-0.3, -0.25) is 0 Å². The van der Waals surface area contributed by atoms with E-state index in [9.17, 15) is 0 Å². The molecule has 1 aromatic heterocycles. The average Bonchev–Trinajstić information content (AvgIpc) is 2.74. The summed E-state index contributed by atoms with van der Waals surface area (Å²) in [6.45, 7) is 4.21. The number of nitrogens with one attached hydrogen (secondary N) is 1. The first kappa shape index (κ1) is 10.2. The molecule has 0 aliphatic heterocycles. The van der Waals surface area contributed by atoms with Crippen LogP contribution in [0.1, 0.15) is 24.2 Å². The number of rotatable bonds is 3. The molecule has 1 heterocycles. The number of benzene rings is 1. The van der Waals surface area contributed by atoms with E-state index in [1.165, 1.54) is 5.56 Å². The molecule has 3 heteroatoms. The molecule has 1 unspecified atom stereocenters. The first-order valence-corrected chi connectivity index (χ1v) is 5.91. The fraction of sp³-hybridized carbons (Fsp3) is 0.250. The Morgan fingerprint density at radius 2 is 2.00 bits per heavy atom. The van der Waals surface area contributed by atoms with E-state index in [0.717, 1.165) is 11.4 Å². The highest BCUT2D eigenvalue weighted by atomic mass is 32.1. The zero-order valence-corrected chi connectivity index (χ0v) is 9.71. The molecular weight excluding hydrogens is 204 g/mol. The lowest BCUT2D eigenvalue weighted by Gasteiger charge is -2.12. The van der Waals surface area contributed by atoms with E-state index in [-0.39, 0.29) is 6.04 Å². The van der Waals surface area contributed by atoms with Crippen LogP contribution in [0.5, 0.6) is 0 Å². The molecule has 1 atom stereocenters. The second-order valence-electron chi connectivity index (χ2n) is 3.65. The quantitative estimate of drug-likeness (QED) is 0.851. The Labute approximate surface area is 94.0 Å². The molecule has 2 aromatic rings. The molecule has 0 amide bonds. The molecule has 0 fully saturated rings. The Morgan fingerprint density at radius 3 is 2.60 bits per heavy atom. The van der Waals surface area contributed by atoms with E-state index in [2.05, 4.69) is 53.8 Å². The summed E-state index contributed by atoms with van der Waals surface area (Å²) in [4.78, 5) is 4.29. The van der Waals surface area contributed by atoms with Crippen molar-refractivity contribution in [3.8, 4) is 0 Å². The number of aromatic nitrogens is 1. The lowest BCUT2D eigenvalue weighted by Crippen LogP contribution is -2.06. The molecule has 0 spiro atoms. The van der Waals surface area contributed by atoms with Crippen LogP contribution in [0.15, 0.2) is 35.2 Å². The van der Waals surface area contributed by atoms with Crippen molar-refractivity contribution in [1.29, 1.82) is 0 Å². The molecule has 0 saturated heterocycles. The molecule has 2 rings (SSSR count). The van der Waals surface area contributed by atoms with Crippen molar-refractivity contribution >= 4 is 17.0 Å². The van der Waals surface area contributed by atoms with Gasteiger partial charge in [-0.15, -0.1) is 11.3 Å². The molecule has 2 nitrogen and oxygen atoms in total. The zero-order valence-electron chi connectivity index (χ0n) is 8.90. The van der Waals surface area contributed by atoms with Crippen LogP contribution in [-0.4, -0.2) is 4.98 Å². The van der Waals surface area contributed by atoms with E-state index < -0.39 is 0 Å². The summed E-state index contributed by atoms with van der Waals surface area (Å²) in [6.07, 6.45) is 0. The molecule has 0 bridgehead atoms. The van der Waals surface area contributed by atoms with Gasteiger partial charge < -0.3 is 5.32 Å². The van der Waals surface area contributed by atoms with Crippen LogP contribution in [0.4, 0.5) is 5.69 Å². The molecule has 0 saturated carbocycles. The molecule has 78 valence electrons. The van der Waals surface area contributed by atoms with Gasteiger partial charge in [-0.1, -0.05) is 17.7 Å². The predicted octanol–water partition coefficient (Wildman–Crippen LogP) is 3.62. The van der Waals surface area contributed by atoms with Crippen molar-refractivity contribution in [2.24, 2.45) is 0 Å². The molecule has 0 radical (unpaired) electrons. The lowest BCUT2D eigenvalue weighted by atomic mass is 10.2. The Kier molecular flexibility index (Phi) is 3.02. The lowest BCUT2D eigenvalue weighted by molar-refractivity contribution is 0.850. The third kappa shape index (κ3) is 2.57. The van der Waals surface area contributed by atoms with Crippen LogP contribution in [0.25, 0.3) is 0 Å². The van der Waals surface area contributed by atoms with Crippen LogP contribution >= 0.6 is 11.3 Å². The van der Waals surface area contributed by atoms with Crippen LogP contribution < -0.4 is 5.32 Å². The zero-order chi connectivity index (χ0) is 10.7. The van der Waals surface area contributed by atoms with E-state index >= 15 is 0 Å². The summed E-state index contributed by atoms with van der Waals surface area (Å²) in [7, 11) is 0. The van der Waals surface area contributed by atoms with Crippen molar-refractivity contribution in [2.45, 2.75) is 19.9 Å². The maximum Gasteiger partial charge on any atom is 0.0795 e. The van der Waals surface area contributed by atoms with Gasteiger partial charge in [0, 0.05) is 11.1 Å². The predicted molar refractivity (Wildman–Crippen MR) is 65.3 cm³/mol. The number of hydrogen-bond donors (Lipinski definition) is 1. The summed E-state index contributed by atoms with van der Waals surface area (Å²) in [5.41, 5.74) is 5.38. The first-order chi connectivity index (χ1) is 7.25. The fourth-order valence-corrected chi connectivity index (χ4v) is 2.06. The first-order valence-electron chi connectivity index (χ1n) is 4.97. The number of nitrogens with zero attached hydrogens (tertiary/aromatic N) is 1. The van der Waals surface area contributed by atoms with Gasteiger partial charge >= 0.3 is 0 Å². The van der Waals surface area contributed by atoms with Gasteiger partial charge in [-0.05, 0) is 26.0 Å². The number of aryl methyl sites for hydroxylation is 1. The van der Waals surface area contributed by atoms with E-state index in [4.69, 9.17) is 0 Å². The number of anilines is 1. The van der Waals surface area contributed by atoms with E-state index in [1.54, 1.807) is 11.3 Å². The number of thiazole rings is 1. The van der Waals surface area contributed by atoms with E-state index in [0.29, 0.717) is 0 Å². The highest BCUT2D eigenvalue weighted by Gasteiger charge is 2.06. The summed E-state index contributed by atoms with van der Waals surface area (Å²) in [5.74, 6) is 0. The SMILES string of the molecule is Cc1ccc(NC(C)c2cscn2)cc1. The largest absolute Gasteiger partial charge is 0.377 e. The van der Waals surface area contributed by atoms with Crippen molar-refractivity contribution in [3.05, 3.63) is 46.4 Å². The normalized spacial score (nSPS) is 12.4. The minimum atomic E-state index is 0.263. The van der Waals surface area contributed by atoms with Gasteiger partial charge in [0.25, 0.3) is 0 Å². The van der Waals surface area contributed by atoms with Crippen molar-refractivity contribution in [3.63, 3.8) is 0 Å². The summed E-state index contributed by atoms with van der Waals surface area (Å²) < 4.78 is 0. The van der Waals surface area contributed by atoms with Crippen LogP contribution in [-0.2, 0) is 0 Å². The van der Waals surface area contributed by atoms with Gasteiger partial charge in [0.2, 0.25) is 0 Å². The minimum absolute atomic E-state index is 0.263. The smallest absolute Gasteiger partial charge is 0.0795 e. The highest BCUT2D eigenvalue weighted by molar-refractivity contribution is 7.07. The second kappa shape index (κ2) is 4.45. The minimum Gasteiger partial charge on any atom is -0.377 e. The van der Waals surface area contributed by atoms with Gasteiger partial charge in [-0.2, -0.15) is 0 Å². The maximum absolute atomic E-state index is 4.29. The second-order valence-corrected chi connectivity index (χ2v) is 4.36. The van der Waals surface area contributed by atoms with Crippen molar-refractivity contribution in [2.75, 3.05) is 5.32 Å². The number of hydrogen-bond acceptors (Lipinski definition) is 3. The Balaban J connectivity index is 2.06. The van der Waals surface area contributed by atoms with Crippen LogP contribution in [0.2, 0.25) is 0 Å². The topological polar surface area (TPSA) is 24.9 Å². The van der Waals surface area contributed by atoms with Gasteiger partial charge in [0.15, 0.2) is 0 Å². The van der Waals surface area contributed by atoms with Crippen LogP contribution in [0.3, 0.4) is 0 Å².